The van der Waals surface area contributed by atoms with Crippen LogP contribution in [0.2, 0.25) is 0 Å². The van der Waals surface area contributed by atoms with Crippen molar-refractivity contribution in [2.45, 2.75) is 102 Å². The number of fused-ring (bicyclic) bond motifs is 2. The van der Waals surface area contributed by atoms with Crippen LogP contribution in [0.5, 0.6) is 23.0 Å². The van der Waals surface area contributed by atoms with E-state index in [-0.39, 0.29) is 82.2 Å². The Kier molecular flexibility index (Phi) is 15.5. The molecule has 4 aliphatic rings. The number of unbranched alkanes of at least 4 members (excludes halogenated alkanes) is 2. The maximum Gasteiger partial charge on any atom is 0.239 e. The second-order valence-corrected chi connectivity index (χ2v) is 17.2. The van der Waals surface area contributed by atoms with Crippen molar-refractivity contribution >= 4 is 17.9 Å². The van der Waals surface area contributed by atoms with Crippen LogP contribution in [0.3, 0.4) is 0 Å². The van der Waals surface area contributed by atoms with Crippen molar-refractivity contribution in [3.63, 3.8) is 0 Å². The normalized spacial score (nSPS) is 25.0. The number of aldehydes is 1. The molecule has 2 aromatic rings. The molecule has 2 aromatic carbocycles. The summed E-state index contributed by atoms with van der Waals surface area (Å²) < 4.78 is 32.0. The Morgan fingerprint density at radius 2 is 1.73 bits per heavy atom. The number of hydrogen-bond donors (Lipinski definition) is 3. The number of allylic oxidation sites excluding steroid dienone is 1. The van der Waals surface area contributed by atoms with Gasteiger partial charge in [0.25, 0.3) is 0 Å². The predicted octanol–water partition coefficient (Wildman–Crippen LogP) is 6.98. The quantitative estimate of drug-likeness (QED) is 0.0458. The molecule has 6 atom stereocenters. The molecule has 0 bridgehead atoms. The highest BCUT2D eigenvalue weighted by molar-refractivity contribution is 6.03. The van der Waals surface area contributed by atoms with E-state index in [1.807, 2.05) is 43.9 Å². The molecule has 0 radical (unpaired) electrons. The van der Waals surface area contributed by atoms with Crippen molar-refractivity contribution < 1.29 is 53.4 Å². The fraction of sp³-hybridized carbons (Fsp3) is 0.596. The number of methoxy groups -OCH3 is 1. The van der Waals surface area contributed by atoms with E-state index in [1.54, 1.807) is 24.3 Å². The SMILES string of the molecule is C=CCO[C@@]12Oc3ccc(Oc4ccc(OC)c(C=O)c4)cc3[C@H]3[C@H](CCCCO)[C@@H](CCCCO)C=C(C(=NOC(C)(C)C)C[C@@H]1N(CCOCCO)C(=O)C1CC1)[C@H]32. The van der Waals surface area contributed by atoms with Crippen LogP contribution >= 0.6 is 0 Å². The third kappa shape index (κ3) is 10.2. The summed E-state index contributed by atoms with van der Waals surface area (Å²) >= 11 is 0. The van der Waals surface area contributed by atoms with Crippen molar-refractivity contribution in [1.82, 2.24) is 4.90 Å². The number of ether oxygens (including phenoxy) is 5. The van der Waals surface area contributed by atoms with Gasteiger partial charge in [-0.2, -0.15) is 0 Å². The van der Waals surface area contributed by atoms with Gasteiger partial charge in [-0.1, -0.05) is 30.1 Å². The van der Waals surface area contributed by atoms with Crippen molar-refractivity contribution in [2.24, 2.45) is 28.8 Å². The lowest BCUT2D eigenvalue weighted by molar-refractivity contribution is -0.258. The molecule has 2 fully saturated rings. The van der Waals surface area contributed by atoms with Gasteiger partial charge in [-0.25, -0.2) is 0 Å². The van der Waals surface area contributed by atoms with Gasteiger partial charge in [0.2, 0.25) is 11.7 Å². The smallest absolute Gasteiger partial charge is 0.239 e. The Morgan fingerprint density at radius 3 is 2.40 bits per heavy atom. The minimum Gasteiger partial charge on any atom is -0.496 e. The molecule has 0 unspecified atom stereocenters. The molecule has 60 heavy (non-hydrogen) atoms. The van der Waals surface area contributed by atoms with Gasteiger partial charge in [0, 0.05) is 43.6 Å². The van der Waals surface area contributed by atoms with E-state index in [2.05, 4.69) is 12.7 Å². The molecule has 13 nitrogen and oxygen atoms in total. The van der Waals surface area contributed by atoms with E-state index in [1.165, 1.54) is 7.11 Å². The first-order chi connectivity index (χ1) is 29.0. The van der Waals surface area contributed by atoms with Gasteiger partial charge in [-0.05, 0) is 113 Å². The third-order valence-corrected chi connectivity index (χ3v) is 11.9. The molecule has 6 rings (SSSR count). The number of nitrogens with zero attached hydrogens (tertiary/aromatic N) is 2. The van der Waals surface area contributed by atoms with Crippen molar-refractivity contribution in [1.29, 1.82) is 0 Å². The number of hydrogen-bond acceptors (Lipinski definition) is 12. The number of aliphatic hydroxyl groups is 3. The molecule has 0 saturated heterocycles. The minimum absolute atomic E-state index is 0.00115. The highest BCUT2D eigenvalue weighted by atomic mass is 16.7. The first kappa shape index (κ1) is 45.3. The fourth-order valence-electron chi connectivity index (χ4n) is 9.22. The standard InChI is InChI=1S/C47H64N2O11/c1-6-23-57-47-42(49(19-24-56-25-22-52)45(54)31-13-14-31)29-39(48-60-46(2,3)4)37-27-32(11-7-9-20-50)36(12-8-10-21-51)43(44(37)47)38-28-35(16-18-41(38)59-47)58-34-15-17-40(55-5)33(26-34)30-53/h6,15-18,26-28,30-32,36,42-44,50-52H,1,7-14,19-25,29H2,2-5H3/t32-,36+,42-,43+,44+,47+/m0/s1. The summed E-state index contributed by atoms with van der Waals surface area (Å²) in [5, 5.41) is 34.3. The number of aliphatic hydroxyl groups excluding tert-OH is 3. The summed E-state index contributed by atoms with van der Waals surface area (Å²) in [6.45, 7) is 10.7. The van der Waals surface area contributed by atoms with Crippen LogP contribution in [0.1, 0.15) is 100 Å². The Hall–Kier alpha value is -4.27. The summed E-state index contributed by atoms with van der Waals surface area (Å²) in [6.07, 6.45) is 11.1. The van der Waals surface area contributed by atoms with Crippen LogP contribution in [0.15, 0.2) is 65.9 Å². The molecule has 1 amide bonds. The van der Waals surface area contributed by atoms with Gasteiger partial charge >= 0.3 is 0 Å². The molecular weight excluding hydrogens is 769 g/mol. The van der Waals surface area contributed by atoms with E-state index in [0.717, 1.165) is 55.9 Å². The Morgan fingerprint density at radius 1 is 1.00 bits per heavy atom. The van der Waals surface area contributed by atoms with Crippen LogP contribution in [0.25, 0.3) is 0 Å². The summed E-state index contributed by atoms with van der Waals surface area (Å²) in [4.78, 5) is 34.5. The predicted molar refractivity (Wildman–Crippen MR) is 227 cm³/mol. The van der Waals surface area contributed by atoms with E-state index in [9.17, 15) is 24.9 Å². The fourth-order valence-corrected chi connectivity index (χ4v) is 9.22. The van der Waals surface area contributed by atoms with Crippen molar-refractivity contribution in [2.75, 3.05) is 53.3 Å². The zero-order valence-corrected chi connectivity index (χ0v) is 35.7. The summed E-state index contributed by atoms with van der Waals surface area (Å²) in [6, 6.07) is 10.2. The third-order valence-electron chi connectivity index (χ3n) is 11.9. The zero-order chi connectivity index (χ0) is 42.9. The van der Waals surface area contributed by atoms with Crippen LogP contribution in [0, 0.1) is 23.7 Å². The molecule has 0 spiro atoms. The van der Waals surface area contributed by atoms with Gasteiger partial charge in [-0.15, -0.1) is 6.58 Å². The molecule has 0 aromatic heterocycles. The van der Waals surface area contributed by atoms with Crippen molar-refractivity contribution in [3.8, 4) is 23.0 Å². The monoisotopic (exact) mass is 832 g/mol. The summed E-state index contributed by atoms with van der Waals surface area (Å²) in [5.74, 6) is -0.106. The van der Waals surface area contributed by atoms with E-state index < -0.39 is 23.3 Å². The first-order valence-electron chi connectivity index (χ1n) is 21.6. The molecule has 3 aliphatic carbocycles. The average Bonchev–Trinajstić information content (AvgIpc) is 4.09. The highest BCUT2D eigenvalue weighted by Gasteiger charge is 2.66. The largest absolute Gasteiger partial charge is 0.496 e. The lowest BCUT2D eigenvalue weighted by Crippen LogP contribution is -2.70. The average molecular weight is 833 g/mol. The highest BCUT2D eigenvalue weighted by Crippen LogP contribution is 2.62. The summed E-state index contributed by atoms with van der Waals surface area (Å²) in [5.41, 5.74) is 2.33. The molecule has 3 N–H and O–H groups in total. The molecule has 1 heterocycles. The minimum atomic E-state index is -1.40. The maximum absolute atomic E-state index is 14.5. The van der Waals surface area contributed by atoms with Gasteiger partial charge in [0.15, 0.2) is 6.29 Å². The van der Waals surface area contributed by atoms with E-state index in [0.29, 0.717) is 47.1 Å². The number of benzene rings is 2. The van der Waals surface area contributed by atoms with Gasteiger partial charge in [-0.3, -0.25) is 9.59 Å². The van der Waals surface area contributed by atoms with E-state index >= 15 is 0 Å². The Balaban J connectivity index is 1.58. The lowest BCUT2D eigenvalue weighted by atomic mass is 9.55. The number of oxime groups is 1. The van der Waals surface area contributed by atoms with Crippen LogP contribution in [-0.2, 0) is 19.1 Å². The van der Waals surface area contributed by atoms with Crippen molar-refractivity contribution in [3.05, 3.63) is 71.8 Å². The van der Waals surface area contributed by atoms with Crippen LogP contribution in [-0.4, -0.2) is 109 Å². The maximum atomic E-state index is 14.5. The summed E-state index contributed by atoms with van der Waals surface area (Å²) in [7, 11) is 1.51. The second-order valence-electron chi connectivity index (χ2n) is 17.2. The number of carbonyl (C=O) groups is 2. The number of amides is 1. The van der Waals surface area contributed by atoms with Gasteiger partial charge in [0.05, 0.1) is 50.7 Å². The van der Waals surface area contributed by atoms with Crippen LogP contribution < -0.4 is 14.2 Å². The van der Waals surface area contributed by atoms with E-state index in [4.69, 9.17) is 33.7 Å². The number of carbonyl (C=O) groups excluding carboxylic acids is 2. The topological polar surface area (TPSA) is 166 Å². The zero-order valence-electron chi connectivity index (χ0n) is 35.7. The molecule has 13 heteroatoms. The van der Waals surface area contributed by atoms with Crippen LogP contribution in [0.4, 0.5) is 0 Å². The molecule has 1 aliphatic heterocycles. The Labute approximate surface area is 354 Å². The first-order valence-corrected chi connectivity index (χ1v) is 21.6. The van der Waals surface area contributed by atoms with Gasteiger partial charge < -0.3 is 48.7 Å². The lowest BCUT2D eigenvalue weighted by Gasteiger charge is -2.60. The Bertz CT molecular complexity index is 1850. The second kappa shape index (κ2) is 20.5. The molecule has 328 valence electrons. The number of rotatable bonds is 23. The molecule has 2 saturated carbocycles. The van der Waals surface area contributed by atoms with Gasteiger partial charge in [0.1, 0.15) is 34.6 Å². The molecular formula is C47H64N2O11.